The lowest BCUT2D eigenvalue weighted by Crippen LogP contribution is -2.11. The molecule has 1 aromatic carbocycles. The molecule has 1 heterocycles. The van der Waals surface area contributed by atoms with Crippen molar-refractivity contribution in [2.24, 2.45) is 5.84 Å². The standard InChI is InChI=1S/C12H14N6O3/c1-17(2)8-4-3-5-9(6-8)21-11-10(18(19)20)7-14-12(15-11)16-13/h3-7H,13H2,1-2H3,(H,14,15,16). The largest absolute Gasteiger partial charge is 0.433 e. The van der Waals surface area contributed by atoms with Crippen molar-refractivity contribution in [1.82, 2.24) is 9.97 Å². The number of nitrogens with two attached hydrogens (primary N) is 1. The van der Waals surface area contributed by atoms with Crippen molar-refractivity contribution in [3.05, 3.63) is 40.6 Å². The SMILES string of the molecule is CN(C)c1cccc(Oc2nc(NN)ncc2[N+](=O)[O-])c1. The van der Waals surface area contributed by atoms with Crippen LogP contribution in [0.3, 0.4) is 0 Å². The van der Waals surface area contributed by atoms with Gasteiger partial charge in [0.25, 0.3) is 0 Å². The number of benzene rings is 1. The summed E-state index contributed by atoms with van der Waals surface area (Å²) in [7, 11) is 3.76. The molecule has 9 heteroatoms. The van der Waals surface area contributed by atoms with Gasteiger partial charge in [-0.25, -0.2) is 10.8 Å². The summed E-state index contributed by atoms with van der Waals surface area (Å²) in [6, 6.07) is 7.07. The minimum Gasteiger partial charge on any atom is -0.433 e. The topological polar surface area (TPSA) is 119 Å². The average Bonchev–Trinajstić information content (AvgIpc) is 2.47. The van der Waals surface area contributed by atoms with Crippen LogP contribution >= 0.6 is 0 Å². The molecular weight excluding hydrogens is 276 g/mol. The quantitative estimate of drug-likeness (QED) is 0.483. The maximum Gasteiger partial charge on any atom is 0.349 e. The minimum atomic E-state index is -0.620. The smallest absolute Gasteiger partial charge is 0.349 e. The van der Waals surface area contributed by atoms with Gasteiger partial charge in [-0.15, -0.1) is 0 Å². The summed E-state index contributed by atoms with van der Waals surface area (Å²) in [6.45, 7) is 0. The summed E-state index contributed by atoms with van der Waals surface area (Å²) in [6.07, 6.45) is 1.04. The van der Waals surface area contributed by atoms with Crippen molar-refractivity contribution in [3.8, 4) is 11.6 Å². The average molecular weight is 290 g/mol. The molecule has 0 saturated carbocycles. The number of hydrazine groups is 1. The van der Waals surface area contributed by atoms with Gasteiger partial charge in [-0.05, 0) is 12.1 Å². The number of hydrogen-bond acceptors (Lipinski definition) is 8. The highest BCUT2D eigenvalue weighted by molar-refractivity contribution is 5.51. The zero-order chi connectivity index (χ0) is 15.4. The van der Waals surface area contributed by atoms with Gasteiger partial charge in [0, 0.05) is 25.8 Å². The van der Waals surface area contributed by atoms with E-state index in [2.05, 4.69) is 15.4 Å². The highest BCUT2D eigenvalue weighted by Gasteiger charge is 2.19. The molecule has 0 radical (unpaired) electrons. The van der Waals surface area contributed by atoms with E-state index in [-0.39, 0.29) is 17.5 Å². The Kier molecular flexibility index (Phi) is 4.14. The second kappa shape index (κ2) is 6.01. The molecule has 0 amide bonds. The van der Waals surface area contributed by atoms with Crippen LogP contribution in [0.5, 0.6) is 11.6 Å². The molecule has 0 atom stereocenters. The zero-order valence-electron chi connectivity index (χ0n) is 11.5. The number of rotatable bonds is 5. The third-order valence-corrected chi connectivity index (χ3v) is 2.61. The lowest BCUT2D eigenvalue weighted by molar-refractivity contribution is -0.386. The first-order chi connectivity index (χ1) is 10.0. The van der Waals surface area contributed by atoms with Gasteiger partial charge in [0.15, 0.2) is 0 Å². The number of nitrogens with zero attached hydrogens (tertiary/aromatic N) is 4. The van der Waals surface area contributed by atoms with Gasteiger partial charge in [-0.3, -0.25) is 15.5 Å². The molecule has 2 rings (SSSR count). The Morgan fingerprint density at radius 1 is 1.43 bits per heavy atom. The second-order valence-corrected chi connectivity index (χ2v) is 4.28. The summed E-state index contributed by atoms with van der Waals surface area (Å²) in [4.78, 5) is 19.8. The van der Waals surface area contributed by atoms with Crippen LogP contribution in [0.15, 0.2) is 30.5 Å². The molecular formula is C12H14N6O3. The highest BCUT2D eigenvalue weighted by Crippen LogP contribution is 2.30. The fourth-order valence-electron chi connectivity index (χ4n) is 1.57. The first kappa shape index (κ1) is 14.5. The summed E-state index contributed by atoms with van der Waals surface area (Å²) < 4.78 is 5.49. The van der Waals surface area contributed by atoms with E-state index in [1.54, 1.807) is 18.2 Å². The molecule has 9 nitrogen and oxygen atoms in total. The molecule has 2 aromatic rings. The van der Waals surface area contributed by atoms with E-state index >= 15 is 0 Å². The molecule has 0 bridgehead atoms. The molecule has 0 aliphatic rings. The van der Waals surface area contributed by atoms with E-state index in [1.807, 2.05) is 25.1 Å². The van der Waals surface area contributed by atoms with Crippen LogP contribution in [0.2, 0.25) is 0 Å². The molecule has 1 aromatic heterocycles. The van der Waals surface area contributed by atoms with E-state index in [9.17, 15) is 10.1 Å². The van der Waals surface area contributed by atoms with Crippen molar-refractivity contribution >= 4 is 17.3 Å². The molecule has 0 fully saturated rings. The molecule has 21 heavy (non-hydrogen) atoms. The first-order valence-corrected chi connectivity index (χ1v) is 5.94. The number of nitrogens with one attached hydrogen (secondary N) is 1. The number of aromatic nitrogens is 2. The Labute approximate surface area is 120 Å². The van der Waals surface area contributed by atoms with Crippen molar-refractivity contribution < 1.29 is 9.66 Å². The van der Waals surface area contributed by atoms with Crippen LogP contribution in [-0.4, -0.2) is 29.0 Å². The van der Waals surface area contributed by atoms with Crippen LogP contribution in [-0.2, 0) is 0 Å². The molecule has 0 aliphatic carbocycles. The fourth-order valence-corrected chi connectivity index (χ4v) is 1.57. The van der Waals surface area contributed by atoms with Crippen LogP contribution in [0.1, 0.15) is 0 Å². The predicted molar refractivity (Wildman–Crippen MR) is 77.3 cm³/mol. The van der Waals surface area contributed by atoms with Gasteiger partial charge < -0.3 is 9.64 Å². The normalized spacial score (nSPS) is 10.0. The monoisotopic (exact) mass is 290 g/mol. The maximum atomic E-state index is 11.0. The molecule has 3 N–H and O–H groups in total. The Balaban J connectivity index is 2.38. The third-order valence-electron chi connectivity index (χ3n) is 2.61. The molecule has 0 unspecified atom stereocenters. The van der Waals surface area contributed by atoms with Crippen LogP contribution in [0.25, 0.3) is 0 Å². The van der Waals surface area contributed by atoms with Crippen molar-refractivity contribution in [2.75, 3.05) is 24.4 Å². The Bertz CT molecular complexity index is 661. The summed E-state index contributed by atoms with van der Waals surface area (Å²) >= 11 is 0. The van der Waals surface area contributed by atoms with E-state index in [1.165, 1.54) is 0 Å². The van der Waals surface area contributed by atoms with Crippen LogP contribution in [0.4, 0.5) is 17.3 Å². The van der Waals surface area contributed by atoms with E-state index < -0.39 is 4.92 Å². The van der Waals surface area contributed by atoms with Crippen molar-refractivity contribution in [3.63, 3.8) is 0 Å². The number of hydrogen-bond donors (Lipinski definition) is 2. The number of nitrogen functional groups attached to an aromatic ring is 1. The van der Waals surface area contributed by atoms with Crippen molar-refractivity contribution in [2.45, 2.75) is 0 Å². The van der Waals surface area contributed by atoms with Crippen LogP contribution in [0, 0.1) is 10.1 Å². The first-order valence-electron chi connectivity index (χ1n) is 5.94. The number of ether oxygens (including phenoxy) is 1. The van der Waals surface area contributed by atoms with Gasteiger partial charge >= 0.3 is 11.6 Å². The van der Waals surface area contributed by atoms with E-state index in [4.69, 9.17) is 10.6 Å². The molecule has 0 spiro atoms. The van der Waals surface area contributed by atoms with E-state index in [0.29, 0.717) is 5.75 Å². The summed E-state index contributed by atoms with van der Waals surface area (Å²) in [5, 5.41) is 11.0. The maximum absolute atomic E-state index is 11.0. The predicted octanol–water partition coefficient (Wildman–Crippen LogP) is 1.53. The Morgan fingerprint density at radius 2 is 2.19 bits per heavy atom. The van der Waals surface area contributed by atoms with Gasteiger partial charge in [-0.1, -0.05) is 6.07 Å². The lowest BCUT2D eigenvalue weighted by atomic mass is 10.3. The second-order valence-electron chi connectivity index (χ2n) is 4.28. The van der Waals surface area contributed by atoms with Gasteiger partial charge in [-0.2, -0.15) is 4.98 Å². The lowest BCUT2D eigenvalue weighted by Gasteiger charge is -2.13. The summed E-state index contributed by atoms with van der Waals surface area (Å²) in [5.41, 5.74) is 2.76. The minimum absolute atomic E-state index is 0.0272. The van der Waals surface area contributed by atoms with Gasteiger partial charge in [0.05, 0.1) is 4.92 Å². The molecule has 0 aliphatic heterocycles. The Hall–Kier alpha value is -2.94. The fraction of sp³-hybridized carbons (Fsp3) is 0.167. The summed E-state index contributed by atoms with van der Waals surface area (Å²) in [5.74, 6) is 5.46. The highest BCUT2D eigenvalue weighted by atomic mass is 16.6. The molecule has 110 valence electrons. The third kappa shape index (κ3) is 3.34. The van der Waals surface area contributed by atoms with Crippen LogP contribution < -0.4 is 20.9 Å². The zero-order valence-corrected chi connectivity index (χ0v) is 11.5. The number of nitro groups is 1. The van der Waals surface area contributed by atoms with E-state index in [0.717, 1.165) is 11.9 Å². The van der Waals surface area contributed by atoms with Crippen molar-refractivity contribution in [1.29, 1.82) is 0 Å². The Morgan fingerprint density at radius 3 is 2.81 bits per heavy atom. The molecule has 0 saturated heterocycles. The van der Waals surface area contributed by atoms with Gasteiger partial charge in [0.1, 0.15) is 11.9 Å². The number of anilines is 2. The van der Waals surface area contributed by atoms with Gasteiger partial charge in [0.2, 0.25) is 5.95 Å².